The molecule has 0 aliphatic rings. The molecule has 1 heterocycles. The van der Waals surface area contributed by atoms with Crippen molar-refractivity contribution in [1.82, 2.24) is 20.2 Å². The highest BCUT2D eigenvalue weighted by molar-refractivity contribution is 8.00. The maximum absolute atomic E-state index is 12.5. The summed E-state index contributed by atoms with van der Waals surface area (Å²) in [4.78, 5) is 12.5. The van der Waals surface area contributed by atoms with E-state index < -0.39 is 0 Å². The lowest BCUT2D eigenvalue weighted by atomic mass is 10.2. The average Bonchev–Trinajstić information content (AvgIpc) is 3.07. The highest BCUT2D eigenvalue weighted by Gasteiger charge is 2.20. The van der Waals surface area contributed by atoms with Gasteiger partial charge in [0.2, 0.25) is 11.1 Å². The standard InChI is InChI=1S/C18H18ClN5OS/c1-11-7-9-14(10-8-11)24-18(21-22-23-24)26-13(3)17(25)20-16-6-4-5-15(19)12(16)2/h4-10,13H,1-3H3,(H,20,25). The van der Waals surface area contributed by atoms with Crippen LogP contribution in [-0.2, 0) is 4.79 Å². The van der Waals surface area contributed by atoms with E-state index in [4.69, 9.17) is 11.6 Å². The quantitative estimate of drug-likeness (QED) is 0.668. The second kappa shape index (κ2) is 7.88. The van der Waals surface area contributed by atoms with E-state index in [1.165, 1.54) is 11.8 Å². The minimum atomic E-state index is -0.386. The number of benzene rings is 2. The first-order valence-electron chi connectivity index (χ1n) is 8.04. The number of hydrogen-bond acceptors (Lipinski definition) is 5. The number of nitrogens with zero attached hydrogens (tertiary/aromatic N) is 4. The van der Waals surface area contributed by atoms with Crippen molar-refractivity contribution >= 4 is 35.0 Å². The average molecular weight is 388 g/mol. The summed E-state index contributed by atoms with van der Waals surface area (Å²) in [6.07, 6.45) is 0. The Morgan fingerprint density at radius 3 is 2.65 bits per heavy atom. The van der Waals surface area contributed by atoms with Crippen LogP contribution in [0.1, 0.15) is 18.1 Å². The number of hydrogen-bond donors (Lipinski definition) is 1. The molecule has 0 bridgehead atoms. The summed E-state index contributed by atoms with van der Waals surface area (Å²) < 4.78 is 1.62. The third kappa shape index (κ3) is 4.05. The summed E-state index contributed by atoms with van der Waals surface area (Å²) in [5.41, 5.74) is 3.54. The van der Waals surface area contributed by atoms with E-state index in [-0.39, 0.29) is 11.2 Å². The first kappa shape index (κ1) is 18.4. The van der Waals surface area contributed by atoms with Gasteiger partial charge in [0, 0.05) is 10.7 Å². The topological polar surface area (TPSA) is 72.7 Å². The number of aryl methyl sites for hydroxylation is 1. The lowest BCUT2D eigenvalue weighted by Crippen LogP contribution is -2.23. The Kier molecular flexibility index (Phi) is 5.58. The Bertz CT molecular complexity index is 926. The van der Waals surface area contributed by atoms with E-state index >= 15 is 0 Å². The van der Waals surface area contributed by atoms with Crippen LogP contribution in [0, 0.1) is 13.8 Å². The van der Waals surface area contributed by atoms with Crippen molar-refractivity contribution in [2.45, 2.75) is 31.2 Å². The largest absolute Gasteiger partial charge is 0.325 e. The molecule has 8 heteroatoms. The fourth-order valence-electron chi connectivity index (χ4n) is 2.29. The van der Waals surface area contributed by atoms with Gasteiger partial charge in [-0.05, 0) is 61.0 Å². The smallest absolute Gasteiger partial charge is 0.237 e. The van der Waals surface area contributed by atoms with Gasteiger partial charge in [-0.15, -0.1) is 5.10 Å². The molecule has 0 spiro atoms. The van der Waals surface area contributed by atoms with Gasteiger partial charge in [-0.2, -0.15) is 4.68 Å². The minimum absolute atomic E-state index is 0.140. The lowest BCUT2D eigenvalue weighted by Gasteiger charge is -2.13. The normalized spacial score (nSPS) is 12.0. The van der Waals surface area contributed by atoms with Crippen molar-refractivity contribution in [3.63, 3.8) is 0 Å². The molecule has 3 rings (SSSR count). The number of tetrazole rings is 1. The highest BCUT2D eigenvalue weighted by atomic mass is 35.5. The molecule has 0 fully saturated rings. The summed E-state index contributed by atoms with van der Waals surface area (Å²) in [5, 5.41) is 15.5. The molecule has 1 amide bonds. The van der Waals surface area contributed by atoms with E-state index in [0.29, 0.717) is 15.9 Å². The molecule has 1 unspecified atom stereocenters. The highest BCUT2D eigenvalue weighted by Crippen LogP contribution is 2.26. The Morgan fingerprint density at radius 2 is 1.92 bits per heavy atom. The van der Waals surface area contributed by atoms with Gasteiger partial charge in [-0.1, -0.05) is 47.1 Å². The third-order valence-electron chi connectivity index (χ3n) is 3.90. The molecule has 1 N–H and O–H groups in total. The van der Waals surface area contributed by atoms with Crippen LogP contribution in [0.5, 0.6) is 0 Å². The minimum Gasteiger partial charge on any atom is -0.325 e. The molecule has 1 atom stereocenters. The molecular weight excluding hydrogens is 370 g/mol. The predicted molar refractivity (Wildman–Crippen MR) is 104 cm³/mol. The first-order chi connectivity index (χ1) is 12.5. The van der Waals surface area contributed by atoms with Gasteiger partial charge in [0.15, 0.2) is 0 Å². The number of nitrogens with one attached hydrogen (secondary N) is 1. The molecule has 0 radical (unpaired) electrons. The summed E-state index contributed by atoms with van der Waals surface area (Å²) in [6.45, 7) is 5.70. The maximum atomic E-state index is 12.5. The van der Waals surface area contributed by atoms with Crippen molar-refractivity contribution in [3.8, 4) is 5.69 Å². The molecule has 0 saturated carbocycles. The molecule has 2 aromatic carbocycles. The van der Waals surface area contributed by atoms with Crippen molar-refractivity contribution in [2.75, 3.05) is 5.32 Å². The summed E-state index contributed by atoms with van der Waals surface area (Å²) in [5.74, 6) is -0.140. The zero-order valence-electron chi connectivity index (χ0n) is 14.6. The number of carbonyl (C=O) groups is 1. The molecule has 134 valence electrons. The van der Waals surface area contributed by atoms with Crippen LogP contribution in [0.15, 0.2) is 47.6 Å². The van der Waals surface area contributed by atoms with Crippen molar-refractivity contribution in [2.24, 2.45) is 0 Å². The van der Waals surface area contributed by atoms with Gasteiger partial charge in [0.05, 0.1) is 10.9 Å². The van der Waals surface area contributed by atoms with Crippen LogP contribution in [-0.4, -0.2) is 31.4 Å². The van der Waals surface area contributed by atoms with Gasteiger partial charge < -0.3 is 5.32 Å². The van der Waals surface area contributed by atoms with Crippen LogP contribution in [0.3, 0.4) is 0 Å². The molecule has 3 aromatic rings. The van der Waals surface area contributed by atoms with E-state index in [9.17, 15) is 4.79 Å². The SMILES string of the molecule is Cc1ccc(-n2nnnc2SC(C)C(=O)Nc2cccc(Cl)c2C)cc1. The number of aromatic nitrogens is 4. The van der Waals surface area contributed by atoms with Crippen molar-refractivity contribution < 1.29 is 4.79 Å². The third-order valence-corrected chi connectivity index (χ3v) is 5.34. The Morgan fingerprint density at radius 1 is 1.19 bits per heavy atom. The number of halogens is 1. The zero-order valence-corrected chi connectivity index (χ0v) is 16.2. The van der Waals surface area contributed by atoms with Gasteiger partial charge in [-0.3, -0.25) is 4.79 Å². The molecule has 0 aliphatic carbocycles. The first-order valence-corrected chi connectivity index (χ1v) is 9.29. The van der Waals surface area contributed by atoms with Crippen molar-refractivity contribution in [1.29, 1.82) is 0 Å². The lowest BCUT2D eigenvalue weighted by molar-refractivity contribution is -0.115. The molecule has 26 heavy (non-hydrogen) atoms. The van der Waals surface area contributed by atoms with E-state index in [1.807, 2.05) is 51.1 Å². The Labute approximate surface area is 160 Å². The molecule has 1 aromatic heterocycles. The van der Waals surface area contributed by atoms with Crippen LogP contribution < -0.4 is 5.32 Å². The predicted octanol–water partition coefficient (Wildman–Crippen LogP) is 4.05. The number of anilines is 1. The second-order valence-corrected chi connectivity index (χ2v) is 7.59. The summed E-state index contributed by atoms with van der Waals surface area (Å²) in [7, 11) is 0. The van der Waals surface area contributed by atoms with Crippen LogP contribution >= 0.6 is 23.4 Å². The number of carbonyl (C=O) groups excluding carboxylic acids is 1. The maximum Gasteiger partial charge on any atom is 0.237 e. The number of amides is 1. The monoisotopic (exact) mass is 387 g/mol. The fraction of sp³-hybridized carbons (Fsp3) is 0.222. The Hall–Kier alpha value is -2.38. The van der Waals surface area contributed by atoms with E-state index in [2.05, 4.69) is 20.8 Å². The molecular formula is C18H18ClN5OS. The van der Waals surface area contributed by atoms with Crippen molar-refractivity contribution in [3.05, 3.63) is 58.6 Å². The van der Waals surface area contributed by atoms with Crippen LogP contribution in [0.25, 0.3) is 5.69 Å². The molecule has 0 aliphatic heterocycles. The number of thioether (sulfide) groups is 1. The second-order valence-electron chi connectivity index (χ2n) is 5.87. The summed E-state index contributed by atoms with van der Waals surface area (Å²) >= 11 is 7.40. The van der Waals surface area contributed by atoms with E-state index in [1.54, 1.807) is 16.8 Å². The van der Waals surface area contributed by atoms with Crippen LogP contribution in [0.4, 0.5) is 5.69 Å². The summed E-state index contributed by atoms with van der Waals surface area (Å²) in [6, 6.07) is 13.3. The molecule has 6 nitrogen and oxygen atoms in total. The van der Waals surface area contributed by atoms with Gasteiger partial charge >= 0.3 is 0 Å². The Balaban J connectivity index is 1.73. The van der Waals surface area contributed by atoms with E-state index in [0.717, 1.165) is 16.8 Å². The van der Waals surface area contributed by atoms with Gasteiger partial charge in [-0.25, -0.2) is 0 Å². The van der Waals surface area contributed by atoms with Gasteiger partial charge in [0.25, 0.3) is 0 Å². The zero-order chi connectivity index (χ0) is 18.7. The van der Waals surface area contributed by atoms with Gasteiger partial charge in [0.1, 0.15) is 0 Å². The number of rotatable bonds is 5. The fourth-order valence-corrected chi connectivity index (χ4v) is 3.27. The van der Waals surface area contributed by atoms with Crippen LogP contribution in [0.2, 0.25) is 5.02 Å². The molecule has 0 saturated heterocycles.